The van der Waals surface area contributed by atoms with Crippen LogP contribution in [0.25, 0.3) is 5.57 Å². The standard InChI is InChI=1S/C26H33N5O3/c1-34-25(32)17-22(23-4-2-3-10-28-23)20-8-14-31(15-9-20)26(33)21-6-12-30(13-7-21)18-19-5-11-29-24(27)16-19/h2-5,10-11,16-17,20-21H,6-9,12-15,18H2,1H3,(H2,27,29). The van der Waals surface area contributed by atoms with E-state index in [-0.39, 0.29) is 23.7 Å². The molecule has 0 unspecified atom stereocenters. The molecule has 0 aromatic carbocycles. The third-order valence-electron chi connectivity index (χ3n) is 6.87. The fourth-order valence-electron chi connectivity index (χ4n) is 4.98. The van der Waals surface area contributed by atoms with E-state index in [4.69, 9.17) is 10.5 Å². The van der Waals surface area contributed by atoms with Gasteiger partial charge in [-0.3, -0.25) is 14.7 Å². The molecule has 2 aromatic rings. The summed E-state index contributed by atoms with van der Waals surface area (Å²) in [6.07, 6.45) is 8.40. The molecule has 4 heterocycles. The second kappa shape index (κ2) is 11.2. The molecule has 2 aromatic heterocycles. The number of aromatic nitrogens is 2. The minimum absolute atomic E-state index is 0.0798. The number of carbonyl (C=O) groups excluding carboxylic acids is 2. The Morgan fingerprint density at radius 2 is 1.76 bits per heavy atom. The molecule has 1 amide bonds. The second-order valence-electron chi connectivity index (χ2n) is 9.08. The molecule has 0 atom stereocenters. The van der Waals surface area contributed by atoms with Gasteiger partial charge in [0.15, 0.2) is 0 Å². The molecule has 0 radical (unpaired) electrons. The first-order valence-electron chi connectivity index (χ1n) is 12.0. The van der Waals surface area contributed by atoms with E-state index in [1.165, 1.54) is 7.11 Å². The van der Waals surface area contributed by atoms with Crippen molar-refractivity contribution >= 4 is 23.3 Å². The second-order valence-corrected chi connectivity index (χ2v) is 9.08. The van der Waals surface area contributed by atoms with Crippen LogP contribution in [0.1, 0.15) is 36.9 Å². The van der Waals surface area contributed by atoms with E-state index in [1.54, 1.807) is 18.5 Å². The number of rotatable bonds is 6. The minimum Gasteiger partial charge on any atom is -0.466 e. The van der Waals surface area contributed by atoms with E-state index in [0.717, 1.165) is 62.1 Å². The summed E-state index contributed by atoms with van der Waals surface area (Å²) >= 11 is 0. The van der Waals surface area contributed by atoms with Crippen molar-refractivity contribution in [3.8, 4) is 0 Å². The van der Waals surface area contributed by atoms with Crippen LogP contribution in [0.5, 0.6) is 0 Å². The van der Waals surface area contributed by atoms with Gasteiger partial charge in [-0.2, -0.15) is 0 Å². The van der Waals surface area contributed by atoms with Crippen LogP contribution in [0.15, 0.2) is 48.8 Å². The van der Waals surface area contributed by atoms with Gasteiger partial charge in [-0.05, 0) is 80.1 Å². The number of nitrogens with zero attached hydrogens (tertiary/aromatic N) is 4. The van der Waals surface area contributed by atoms with Gasteiger partial charge in [-0.1, -0.05) is 6.07 Å². The normalized spacial score (nSPS) is 18.6. The lowest BCUT2D eigenvalue weighted by atomic mass is 9.85. The number of anilines is 1. The summed E-state index contributed by atoms with van der Waals surface area (Å²) in [5, 5.41) is 0. The zero-order chi connectivity index (χ0) is 23.9. The average Bonchev–Trinajstić information content (AvgIpc) is 2.88. The van der Waals surface area contributed by atoms with Crippen molar-refractivity contribution in [3.63, 3.8) is 0 Å². The molecule has 8 heteroatoms. The molecular formula is C26H33N5O3. The van der Waals surface area contributed by atoms with E-state index >= 15 is 0 Å². The molecule has 8 nitrogen and oxygen atoms in total. The third-order valence-corrected chi connectivity index (χ3v) is 6.87. The van der Waals surface area contributed by atoms with Crippen LogP contribution >= 0.6 is 0 Å². The lowest BCUT2D eigenvalue weighted by molar-refractivity contribution is -0.138. The average molecular weight is 464 g/mol. The van der Waals surface area contributed by atoms with Crippen molar-refractivity contribution < 1.29 is 14.3 Å². The Kier molecular flexibility index (Phi) is 7.90. The molecular weight excluding hydrogens is 430 g/mol. The van der Waals surface area contributed by atoms with Gasteiger partial charge in [-0.25, -0.2) is 9.78 Å². The Balaban J connectivity index is 1.30. The number of hydrogen-bond donors (Lipinski definition) is 1. The van der Waals surface area contributed by atoms with Crippen molar-refractivity contribution in [3.05, 3.63) is 60.1 Å². The van der Waals surface area contributed by atoms with Gasteiger partial charge in [0.05, 0.1) is 12.8 Å². The fraction of sp³-hybridized carbons (Fsp3) is 0.462. The van der Waals surface area contributed by atoms with Crippen LogP contribution in [0.3, 0.4) is 0 Å². The number of nitrogens with two attached hydrogens (primary N) is 1. The van der Waals surface area contributed by atoms with Gasteiger partial charge in [0, 0.05) is 44.0 Å². The summed E-state index contributed by atoms with van der Waals surface area (Å²) in [4.78, 5) is 38.1. The molecule has 4 rings (SSSR count). The van der Waals surface area contributed by atoms with E-state index in [0.29, 0.717) is 18.9 Å². The van der Waals surface area contributed by atoms with E-state index in [2.05, 4.69) is 14.9 Å². The molecule has 0 saturated carbocycles. The van der Waals surface area contributed by atoms with Crippen molar-refractivity contribution in [1.29, 1.82) is 0 Å². The molecule has 2 saturated heterocycles. The Morgan fingerprint density at radius 3 is 2.41 bits per heavy atom. The van der Waals surface area contributed by atoms with Gasteiger partial charge in [0.1, 0.15) is 5.82 Å². The monoisotopic (exact) mass is 463 g/mol. The molecule has 0 bridgehead atoms. The summed E-state index contributed by atoms with van der Waals surface area (Å²) in [5.74, 6) is 0.686. The van der Waals surface area contributed by atoms with Gasteiger partial charge in [-0.15, -0.1) is 0 Å². The summed E-state index contributed by atoms with van der Waals surface area (Å²) in [5.41, 5.74) is 8.63. The maximum Gasteiger partial charge on any atom is 0.330 e. The van der Waals surface area contributed by atoms with Crippen molar-refractivity contribution in [2.24, 2.45) is 11.8 Å². The number of ether oxygens (including phenoxy) is 1. The summed E-state index contributed by atoms with van der Waals surface area (Å²) in [7, 11) is 1.38. The third kappa shape index (κ3) is 5.99. The minimum atomic E-state index is -0.375. The molecule has 0 aliphatic carbocycles. The van der Waals surface area contributed by atoms with Crippen molar-refractivity contribution in [2.45, 2.75) is 32.2 Å². The zero-order valence-electron chi connectivity index (χ0n) is 19.7. The first-order chi connectivity index (χ1) is 16.5. The first kappa shape index (κ1) is 23.9. The predicted octanol–water partition coefficient (Wildman–Crippen LogP) is 2.77. The van der Waals surface area contributed by atoms with Gasteiger partial charge in [0.25, 0.3) is 0 Å². The van der Waals surface area contributed by atoms with Crippen LogP contribution in [0.2, 0.25) is 0 Å². The van der Waals surface area contributed by atoms with Gasteiger partial charge >= 0.3 is 5.97 Å². The number of likely N-dealkylation sites (tertiary alicyclic amines) is 2. The highest BCUT2D eigenvalue weighted by atomic mass is 16.5. The number of carbonyl (C=O) groups is 2. The SMILES string of the molecule is COC(=O)C=C(c1ccccn1)C1CCN(C(=O)C2CCN(Cc3ccnc(N)c3)CC2)CC1. The van der Waals surface area contributed by atoms with E-state index in [1.807, 2.05) is 35.2 Å². The molecule has 2 aliphatic heterocycles. The topological polar surface area (TPSA) is 102 Å². The quantitative estimate of drug-likeness (QED) is 0.519. The Bertz CT molecular complexity index is 1010. The number of pyridine rings is 2. The lowest BCUT2D eigenvalue weighted by Gasteiger charge is -2.37. The Hall–Kier alpha value is -3.26. The largest absolute Gasteiger partial charge is 0.466 e. The van der Waals surface area contributed by atoms with Crippen LogP contribution < -0.4 is 5.73 Å². The molecule has 34 heavy (non-hydrogen) atoms. The fourth-order valence-corrected chi connectivity index (χ4v) is 4.98. The maximum absolute atomic E-state index is 13.2. The summed E-state index contributed by atoms with van der Waals surface area (Å²) in [6, 6.07) is 9.60. The highest BCUT2D eigenvalue weighted by Gasteiger charge is 2.32. The zero-order valence-corrected chi connectivity index (χ0v) is 19.7. The number of amides is 1. The number of methoxy groups -OCH3 is 1. The van der Waals surface area contributed by atoms with Crippen LogP contribution in [-0.4, -0.2) is 64.9 Å². The summed E-state index contributed by atoms with van der Waals surface area (Å²) < 4.78 is 4.86. The van der Waals surface area contributed by atoms with Crippen LogP contribution in [0.4, 0.5) is 5.82 Å². The van der Waals surface area contributed by atoms with E-state index in [9.17, 15) is 9.59 Å². The van der Waals surface area contributed by atoms with Crippen molar-refractivity contribution in [2.75, 3.05) is 39.0 Å². The molecule has 2 aliphatic rings. The highest BCUT2D eigenvalue weighted by Crippen LogP contribution is 2.32. The molecule has 2 N–H and O–H groups in total. The number of allylic oxidation sites excluding steroid dienone is 1. The van der Waals surface area contributed by atoms with E-state index < -0.39 is 0 Å². The van der Waals surface area contributed by atoms with Crippen LogP contribution in [-0.2, 0) is 20.9 Å². The lowest BCUT2D eigenvalue weighted by Crippen LogP contribution is -2.45. The first-order valence-corrected chi connectivity index (χ1v) is 12.0. The number of piperidine rings is 2. The number of esters is 1. The Morgan fingerprint density at radius 1 is 1.03 bits per heavy atom. The summed E-state index contributed by atoms with van der Waals surface area (Å²) in [6.45, 7) is 4.04. The smallest absolute Gasteiger partial charge is 0.330 e. The molecule has 2 fully saturated rings. The molecule has 180 valence electrons. The van der Waals surface area contributed by atoms with Crippen molar-refractivity contribution in [1.82, 2.24) is 19.8 Å². The molecule has 0 spiro atoms. The maximum atomic E-state index is 13.2. The number of nitrogen functional groups attached to an aromatic ring is 1. The van der Waals surface area contributed by atoms with Gasteiger partial charge < -0.3 is 15.4 Å². The highest BCUT2D eigenvalue weighted by molar-refractivity contribution is 5.91. The predicted molar refractivity (Wildman–Crippen MR) is 130 cm³/mol. The van der Waals surface area contributed by atoms with Gasteiger partial charge in [0.2, 0.25) is 5.91 Å². The number of hydrogen-bond acceptors (Lipinski definition) is 7. The van der Waals surface area contributed by atoms with Crippen LogP contribution in [0, 0.1) is 11.8 Å². The Labute approximate surface area is 200 Å².